The molecule has 96 valence electrons. The molecule has 0 aliphatic rings. The van der Waals surface area contributed by atoms with Crippen molar-refractivity contribution in [1.82, 2.24) is 10.4 Å². The molecule has 4 N–H and O–H groups in total. The molecule has 0 aliphatic carbocycles. The van der Waals surface area contributed by atoms with Crippen LogP contribution in [0.15, 0.2) is 36.4 Å². The van der Waals surface area contributed by atoms with Crippen LogP contribution >= 0.6 is 0 Å². The molecule has 0 saturated heterocycles. The molecular weight excluding hydrogens is 242 g/mol. The molecule has 1 heterocycles. The summed E-state index contributed by atoms with van der Waals surface area (Å²) in [6, 6.07) is 11.2. The second-order valence-electron chi connectivity index (χ2n) is 4.27. The van der Waals surface area contributed by atoms with Crippen molar-refractivity contribution in [2.45, 2.75) is 0 Å². The quantitative estimate of drug-likeness (QED) is 0.372. The predicted octanol–water partition coefficient (Wildman–Crippen LogP) is 1.93. The number of aromatic nitrogens is 1. The lowest BCUT2D eigenvalue weighted by atomic mass is 10.1. The first-order valence-electron chi connectivity index (χ1n) is 5.83. The van der Waals surface area contributed by atoms with Crippen LogP contribution in [0.25, 0.3) is 21.8 Å². The number of fused-ring (bicyclic) bond motifs is 3. The number of amides is 1. The minimum atomic E-state index is -0.307. The van der Waals surface area contributed by atoms with E-state index in [0.29, 0.717) is 5.56 Å². The fourth-order valence-corrected chi connectivity index (χ4v) is 2.23. The highest BCUT2D eigenvalue weighted by Gasteiger charge is 2.09. The van der Waals surface area contributed by atoms with Crippen molar-refractivity contribution in [3.63, 3.8) is 0 Å². The number of hydrazine groups is 1. The van der Waals surface area contributed by atoms with Crippen LogP contribution in [0.3, 0.4) is 0 Å². The van der Waals surface area contributed by atoms with Gasteiger partial charge in [0.25, 0.3) is 5.91 Å². The summed E-state index contributed by atoms with van der Waals surface area (Å²) >= 11 is 0. The number of carbonyl (C=O) groups is 1. The number of nitrogens with one attached hydrogen (secondary N) is 2. The smallest absolute Gasteiger partial charge is 0.265 e. The molecule has 5 heteroatoms. The fraction of sp³-hybridized carbons (Fsp3) is 0.0714. The summed E-state index contributed by atoms with van der Waals surface area (Å²) < 4.78 is 5.23. The van der Waals surface area contributed by atoms with Gasteiger partial charge in [0.05, 0.1) is 7.11 Å². The lowest BCUT2D eigenvalue weighted by Gasteiger charge is -2.00. The number of carbonyl (C=O) groups excluding carboxylic acids is 1. The van der Waals surface area contributed by atoms with Crippen LogP contribution in [-0.2, 0) is 0 Å². The molecule has 3 aromatic rings. The van der Waals surface area contributed by atoms with Crippen molar-refractivity contribution in [2.24, 2.45) is 5.84 Å². The molecule has 5 nitrogen and oxygen atoms in total. The third-order valence-electron chi connectivity index (χ3n) is 3.20. The van der Waals surface area contributed by atoms with E-state index in [0.717, 1.165) is 27.6 Å². The average Bonchev–Trinajstić information content (AvgIpc) is 2.82. The number of nitrogens with two attached hydrogens (primary N) is 1. The van der Waals surface area contributed by atoms with Crippen molar-refractivity contribution < 1.29 is 9.53 Å². The topological polar surface area (TPSA) is 80.1 Å². The Morgan fingerprint density at radius 3 is 2.74 bits per heavy atom. The molecule has 2 aromatic carbocycles. The van der Waals surface area contributed by atoms with Crippen molar-refractivity contribution in [3.05, 3.63) is 42.0 Å². The summed E-state index contributed by atoms with van der Waals surface area (Å²) in [7, 11) is 1.64. The summed E-state index contributed by atoms with van der Waals surface area (Å²) in [5.41, 5.74) is 4.54. The SMILES string of the molecule is COc1ccc2[nH]c3cc(C(=O)NN)ccc3c2c1. The normalized spacial score (nSPS) is 10.8. The molecule has 0 spiro atoms. The Labute approximate surface area is 109 Å². The van der Waals surface area contributed by atoms with Gasteiger partial charge in [-0.3, -0.25) is 10.2 Å². The maximum absolute atomic E-state index is 11.5. The zero-order chi connectivity index (χ0) is 13.4. The fourth-order valence-electron chi connectivity index (χ4n) is 2.23. The molecule has 19 heavy (non-hydrogen) atoms. The van der Waals surface area contributed by atoms with Gasteiger partial charge in [-0.2, -0.15) is 0 Å². The summed E-state index contributed by atoms with van der Waals surface area (Å²) in [6.45, 7) is 0. The van der Waals surface area contributed by atoms with Crippen molar-refractivity contribution in [3.8, 4) is 5.75 Å². The third kappa shape index (κ3) is 1.80. The van der Waals surface area contributed by atoms with Crippen LogP contribution in [0.2, 0.25) is 0 Å². The second kappa shape index (κ2) is 4.29. The largest absolute Gasteiger partial charge is 0.497 e. The zero-order valence-electron chi connectivity index (χ0n) is 10.4. The maximum Gasteiger partial charge on any atom is 0.265 e. The van der Waals surface area contributed by atoms with Gasteiger partial charge in [0.15, 0.2) is 0 Å². The molecule has 0 atom stereocenters. The van der Waals surface area contributed by atoms with Gasteiger partial charge in [-0.1, -0.05) is 6.07 Å². The number of ether oxygens (including phenoxy) is 1. The molecule has 0 bridgehead atoms. The molecule has 0 aliphatic heterocycles. The van der Waals surface area contributed by atoms with Crippen LogP contribution in [0.4, 0.5) is 0 Å². The Bertz CT molecular complexity index is 777. The molecule has 0 unspecified atom stereocenters. The van der Waals surface area contributed by atoms with Crippen LogP contribution in [0.5, 0.6) is 5.75 Å². The number of methoxy groups -OCH3 is 1. The Hall–Kier alpha value is -2.53. The van der Waals surface area contributed by atoms with Crippen LogP contribution in [0, 0.1) is 0 Å². The molecule has 3 rings (SSSR count). The van der Waals surface area contributed by atoms with Crippen LogP contribution < -0.4 is 16.0 Å². The number of H-pyrrole nitrogens is 1. The Kier molecular flexibility index (Phi) is 2.61. The Morgan fingerprint density at radius 2 is 2.00 bits per heavy atom. The van der Waals surface area contributed by atoms with Gasteiger partial charge < -0.3 is 9.72 Å². The highest BCUT2D eigenvalue weighted by Crippen LogP contribution is 2.29. The summed E-state index contributed by atoms with van der Waals surface area (Å²) in [6.07, 6.45) is 0. The molecule has 0 saturated carbocycles. The first-order valence-corrected chi connectivity index (χ1v) is 5.83. The number of hydrogen-bond donors (Lipinski definition) is 3. The Balaban J connectivity index is 2.25. The number of aromatic amines is 1. The van der Waals surface area contributed by atoms with Gasteiger partial charge in [-0.05, 0) is 30.3 Å². The van der Waals surface area contributed by atoms with E-state index in [2.05, 4.69) is 10.4 Å². The van der Waals surface area contributed by atoms with E-state index in [1.54, 1.807) is 19.2 Å². The standard InChI is InChI=1S/C14H13N3O2/c1-19-9-3-5-12-11(7-9)10-4-2-8(14(18)17-15)6-13(10)16-12/h2-7,16H,15H2,1H3,(H,17,18). The molecule has 1 aromatic heterocycles. The van der Waals surface area contributed by atoms with E-state index in [9.17, 15) is 4.79 Å². The van der Waals surface area contributed by atoms with Gasteiger partial charge in [-0.25, -0.2) is 5.84 Å². The minimum absolute atomic E-state index is 0.307. The van der Waals surface area contributed by atoms with Crippen molar-refractivity contribution in [1.29, 1.82) is 0 Å². The van der Waals surface area contributed by atoms with E-state index in [1.165, 1.54) is 0 Å². The van der Waals surface area contributed by atoms with E-state index < -0.39 is 0 Å². The zero-order valence-corrected chi connectivity index (χ0v) is 10.4. The van der Waals surface area contributed by atoms with Crippen molar-refractivity contribution in [2.75, 3.05) is 7.11 Å². The van der Waals surface area contributed by atoms with Gasteiger partial charge in [0, 0.05) is 27.4 Å². The summed E-state index contributed by atoms with van der Waals surface area (Å²) in [4.78, 5) is 14.8. The van der Waals surface area contributed by atoms with Gasteiger partial charge in [0.1, 0.15) is 5.75 Å². The second-order valence-corrected chi connectivity index (χ2v) is 4.27. The van der Waals surface area contributed by atoms with Gasteiger partial charge in [-0.15, -0.1) is 0 Å². The number of nitrogen functional groups attached to an aromatic ring is 1. The predicted molar refractivity (Wildman–Crippen MR) is 74.0 cm³/mol. The van der Waals surface area contributed by atoms with Gasteiger partial charge >= 0.3 is 0 Å². The average molecular weight is 255 g/mol. The molecule has 1 amide bonds. The molecule has 0 radical (unpaired) electrons. The molecular formula is C14H13N3O2. The third-order valence-corrected chi connectivity index (χ3v) is 3.20. The lowest BCUT2D eigenvalue weighted by molar-refractivity contribution is 0.0954. The van der Waals surface area contributed by atoms with Crippen LogP contribution in [-0.4, -0.2) is 18.0 Å². The number of rotatable bonds is 2. The first kappa shape index (κ1) is 11.6. The molecule has 0 fully saturated rings. The summed E-state index contributed by atoms with van der Waals surface area (Å²) in [5, 5.41) is 2.11. The minimum Gasteiger partial charge on any atom is -0.497 e. The monoisotopic (exact) mass is 255 g/mol. The number of benzene rings is 2. The highest BCUT2D eigenvalue weighted by molar-refractivity contribution is 6.09. The maximum atomic E-state index is 11.5. The Morgan fingerprint density at radius 1 is 1.16 bits per heavy atom. The highest BCUT2D eigenvalue weighted by atomic mass is 16.5. The van der Waals surface area contributed by atoms with Crippen LogP contribution in [0.1, 0.15) is 10.4 Å². The lowest BCUT2D eigenvalue weighted by Crippen LogP contribution is -2.29. The van der Waals surface area contributed by atoms with Gasteiger partial charge in [0.2, 0.25) is 0 Å². The van der Waals surface area contributed by atoms with E-state index in [-0.39, 0.29) is 5.91 Å². The first-order chi connectivity index (χ1) is 9.22. The van der Waals surface area contributed by atoms with E-state index >= 15 is 0 Å². The summed E-state index contributed by atoms with van der Waals surface area (Å²) in [5.74, 6) is 5.63. The van der Waals surface area contributed by atoms with E-state index in [1.807, 2.05) is 24.3 Å². The number of hydrogen-bond acceptors (Lipinski definition) is 3. The van der Waals surface area contributed by atoms with E-state index in [4.69, 9.17) is 10.6 Å². The van der Waals surface area contributed by atoms with Crippen molar-refractivity contribution >= 4 is 27.7 Å².